The van der Waals surface area contributed by atoms with E-state index >= 15 is 0 Å². The van der Waals surface area contributed by atoms with E-state index in [4.69, 9.17) is 0 Å². The normalized spacial score (nSPS) is 17.6. The number of likely N-dealkylation sites (N-methyl/N-ethyl adjacent to an activating group) is 1. The Bertz CT molecular complexity index is 1260. The minimum absolute atomic E-state index is 0.0357. The first kappa shape index (κ1) is 26.1. The van der Waals surface area contributed by atoms with Gasteiger partial charge in [0.05, 0.1) is 12.1 Å². The average molecular weight is 512 g/mol. The first-order valence-electron chi connectivity index (χ1n) is 11.8. The van der Waals surface area contributed by atoms with Gasteiger partial charge < -0.3 is 4.90 Å². The summed E-state index contributed by atoms with van der Waals surface area (Å²) in [7, 11) is 3.34. The number of halogens is 2. The van der Waals surface area contributed by atoms with E-state index < -0.39 is 12.0 Å². The lowest BCUT2D eigenvalue weighted by Gasteiger charge is -2.35. The van der Waals surface area contributed by atoms with Crippen molar-refractivity contribution in [3.8, 4) is 6.07 Å². The molecule has 2 aromatic rings. The maximum absolute atomic E-state index is 13.2. The van der Waals surface area contributed by atoms with Crippen molar-refractivity contribution in [2.75, 3.05) is 43.9 Å². The number of urea groups is 1. The quantitative estimate of drug-likeness (QED) is 0.567. The zero-order valence-corrected chi connectivity index (χ0v) is 20.6. The summed E-state index contributed by atoms with van der Waals surface area (Å²) >= 11 is 0. The molecule has 3 heterocycles. The van der Waals surface area contributed by atoms with Gasteiger partial charge in [-0.1, -0.05) is 6.07 Å². The molecule has 4 rings (SSSR count). The van der Waals surface area contributed by atoms with Crippen molar-refractivity contribution in [3.05, 3.63) is 46.8 Å². The molecule has 0 aromatic carbocycles. The number of piperazine rings is 1. The second kappa shape index (κ2) is 10.6. The van der Waals surface area contributed by atoms with E-state index in [0.717, 1.165) is 6.54 Å². The van der Waals surface area contributed by atoms with Crippen molar-refractivity contribution in [3.63, 3.8) is 0 Å². The first-order chi connectivity index (χ1) is 17.6. The number of nitrogens with one attached hydrogen (secondary N) is 1. The van der Waals surface area contributed by atoms with Gasteiger partial charge in [0, 0.05) is 51.3 Å². The summed E-state index contributed by atoms with van der Waals surface area (Å²) in [4.78, 5) is 50.0. The molecule has 3 amide bonds. The van der Waals surface area contributed by atoms with E-state index in [1.807, 2.05) is 18.0 Å². The Morgan fingerprint density at radius 2 is 2.08 bits per heavy atom. The smallest absolute Gasteiger partial charge is 0.328 e. The molecule has 0 radical (unpaired) electrons. The molecule has 1 saturated heterocycles. The number of rotatable bonds is 7. The van der Waals surface area contributed by atoms with Crippen LogP contribution in [0.2, 0.25) is 0 Å². The van der Waals surface area contributed by atoms with Gasteiger partial charge in [-0.05, 0) is 37.1 Å². The Hall–Kier alpha value is -3.98. The molecule has 1 saturated carbocycles. The lowest BCUT2D eigenvalue weighted by atomic mass is 9.77. The largest absolute Gasteiger partial charge is 0.336 e. The molecule has 0 unspecified atom stereocenters. The zero-order valence-electron chi connectivity index (χ0n) is 20.6. The number of anilines is 2. The fraction of sp³-hybridized carbons (Fsp3) is 0.440. The second-order valence-electron chi connectivity index (χ2n) is 9.55. The fourth-order valence-corrected chi connectivity index (χ4v) is 4.49. The van der Waals surface area contributed by atoms with Crippen LogP contribution in [0.3, 0.4) is 0 Å². The van der Waals surface area contributed by atoms with E-state index in [1.165, 1.54) is 24.2 Å². The average Bonchev–Trinajstić information content (AvgIpc) is 2.84. The van der Waals surface area contributed by atoms with Crippen molar-refractivity contribution in [2.24, 2.45) is 5.92 Å². The van der Waals surface area contributed by atoms with Crippen LogP contribution in [-0.2, 0) is 17.8 Å². The number of hydrogen-bond donors (Lipinski definition) is 1. The predicted octanol–water partition coefficient (Wildman–Crippen LogP) is 2.69. The molecule has 1 aliphatic heterocycles. The summed E-state index contributed by atoms with van der Waals surface area (Å²) in [5.74, 6) is -2.56. The number of carbonyl (C=O) groups excluding carboxylic acids is 3. The summed E-state index contributed by atoms with van der Waals surface area (Å²) in [6.07, 6.45) is 1.73. The van der Waals surface area contributed by atoms with Crippen LogP contribution in [0.4, 0.5) is 25.2 Å². The Balaban J connectivity index is 1.44. The maximum Gasteiger partial charge on any atom is 0.328 e. The highest BCUT2D eigenvalue weighted by Gasteiger charge is 2.45. The molecule has 37 heavy (non-hydrogen) atoms. The third kappa shape index (κ3) is 6.06. The van der Waals surface area contributed by atoms with Gasteiger partial charge in [-0.25, -0.2) is 23.5 Å². The third-order valence-electron chi connectivity index (χ3n) is 6.66. The van der Waals surface area contributed by atoms with E-state index in [-0.39, 0.29) is 54.1 Å². The number of amides is 3. The van der Waals surface area contributed by atoms with Crippen LogP contribution in [0, 0.1) is 17.2 Å². The number of carbonyl (C=O) groups is 3. The Labute approximate surface area is 212 Å². The van der Waals surface area contributed by atoms with E-state index in [2.05, 4.69) is 15.3 Å². The van der Waals surface area contributed by atoms with Gasteiger partial charge in [0.25, 0.3) is 0 Å². The van der Waals surface area contributed by atoms with E-state index in [0.29, 0.717) is 36.9 Å². The van der Waals surface area contributed by atoms with Crippen molar-refractivity contribution in [2.45, 2.75) is 31.7 Å². The Kier molecular flexibility index (Phi) is 7.45. The molecule has 1 N–H and O–H groups in total. The molecule has 194 valence electrons. The molecule has 10 nitrogen and oxygen atoms in total. The van der Waals surface area contributed by atoms with Crippen LogP contribution in [0.15, 0.2) is 24.4 Å². The lowest BCUT2D eigenvalue weighted by molar-refractivity contribution is -0.136. The number of pyridine rings is 2. The van der Waals surface area contributed by atoms with Crippen molar-refractivity contribution in [1.29, 1.82) is 5.26 Å². The summed E-state index contributed by atoms with van der Waals surface area (Å²) in [6.45, 7) is 1.83. The monoisotopic (exact) mass is 511 g/mol. The van der Waals surface area contributed by atoms with Crippen molar-refractivity contribution in [1.82, 2.24) is 19.8 Å². The molecule has 1 aliphatic carbocycles. The lowest BCUT2D eigenvalue weighted by Crippen LogP contribution is -2.48. The maximum atomic E-state index is 13.2. The van der Waals surface area contributed by atoms with Crippen LogP contribution in [0.1, 0.15) is 40.0 Å². The molecule has 2 aliphatic rings. The third-order valence-corrected chi connectivity index (χ3v) is 6.66. The zero-order chi connectivity index (χ0) is 26.7. The highest BCUT2D eigenvalue weighted by Crippen LogP contribution is 2.44. The van der Waals surface area contributed by atoms with Gasteiger partial charge in [0.15, 0.2) is 6.29 Å². The van der Waals surface area contributed by atoms with Gasteiger partial charge in [-0.15, -0.1) is 0 Å². The number of nitriles is 1. The number of aldehydes is 1. The molecule has 0 spiro atoms. The minimum atomic E-state index is -2.66. The van der Waals surface area contributed by atoms with Crippen LogP contribution in [-0.4, -0.2) is 77.6 Å². The van der Waals surface area contributed by atoms with Crippen molar-refractivity contribution >= 4 is 29.9 Å². The predicted molar refractivity (Wildman–Crippen MR) is 130 cm³/mol. The molecule has 0 atom stereocenters. The molecule has 2 fully saturated rings. The van der Waals surface area contributed by atoms with Gasteiger partial charge >= 0.3 is 6.03 Å². The van der Waals surface area contributed by atoms with Crippen LogP contribution in [0.25, 0.3) is 0 Å². The summed E-state index contributed by atoms with van der Waals surface area (Å²) in [5.41, 5.74) is 1.51. The summed E-state index contributed by atoms with van der Waals surface area (Å²) < 4.78 is 26.4. The number of aromatic nitrogens is 2. The second-order valence-corrected chi connectivity index (χ2v) is 9.55. The number of alkyl halides is 2. The molecule has 0 bridgehead atoms. The molecule has 12 heteroatoms. The fourth-order valence-electron chi connectivity index (χ4n) is 4.49. The van der Waals surface area contributed by atoms with Gasteiger partial charge in [-0.3, -0.25) is 24.7 Å². The Morgan fingerprint density at radius 1 is 1.32 bits per heavy atom. The van der Waals surface area contributed by atoms with E-state index in [1.54, 1.807) is 17.0 Å². The van der Waals surface area contributed by atoms with Gasteiger partial charge in [-0.2, -0.15) is 5.26 Å². The standard InChI is InChI=1S/C25H27F2N7O3/c1-32-5-6-34(23(36)14-32)13-17-3-4-22(30-20(17)15-35)33(2)24(37)31-21-8-18(19(11-28)12-29-21)7-16-9-25(26,27)10-16/h3-4,8,12,15-16H,5-7,9-10,13-14H2,1-2H3,(H,29,31,37). The van der Waals surface area contributed by atoms with E-state index in [9.17, 15) is 28.4 Å². The van der Waals surface area contributed by atoms with Crippen molar-refractivity contribution < 1.29 is 23.2 Å². The summed E-state index contributed by atoms with van der Waals surface area (Å²) in [5, 5.41) is 12.0. The van der Waals surface area contributed by atoms with Crippen LogP contribution in [0.5, 0.6) is 0 Å². The van der Waals surface area contributed by atoms with Crippen LogP contribution < -0.4 is 10.2 Å². The molecule has 2 aromatic heterocycles. The van der Waals surface area contributed by atoms with Crippen LogP contribution >= 0.6 is 0 Å². The highest BCUT2D eigenvalue weighted by molar-refractivity contribution is 6.00. The minimum Gasteiger partial charge on any atom is -0.336 e. The number of hydrogen-bond acceptors (Lipinski definition) is 7. The SMILES string of the molecule is CN1CCN(Cc2ccc(N(C)C(=O)Nc3cc(CC4CC(F)(F)C4)c(C#N)cn3)nc2C=O)C(=O)C1. The topological polar surface area (TPSA) is 123 Å². The molecular weight excluding hydrogens is 484 g/mol. The highest BCUT2D eigenvalue weighted by atomic mass is 19.3. The first-order valence-corrected chi connectivity index (χ1v) is 11.8. The van der Waals surface area contributed by atoms with Gasteiger partial charge in [0.2, 0.25) is 11.8 Å². The number of nitrogens with zero attached hydrogens (tertiary/aromatic N) is 6. The van der Waals surface area contributed by atoms with Gasteiger partial charge in [0.1, 0.15) is 23.4 Å². The molecular formula is C25H27F2N7O3. The summed E-state index contributed by atoms with van der Waals surface area (Å²) in [6, 6.07) is 6.17. The Morgan fingerprint density at radius 3 is 2.73 bits per heavy atom.